The summed E-state index contributed by atoms with van der Waals surface area (Å²) in [5.41, 5.74) is 0.700. The Labute approximate surface area is 480 Å². The van der Waals surface area contributed by atoms with E-state index >= 15 is 0 Å². The molecule has 4 bridgehead atoms. The summed E-state index contributed by atoms with van der Waals surface area (Å²) in [6.07, 6.45) is 4.60. The molecule has 20 nitrogen and oxygen atoms in total. The van der Waals surface area contributed by atoms with Gasteiger partial charge in [-0.15, -0.1) is 11.8 Å². The summed E-state index contributed by atoms with van der Waals surface area (Å²) in [7, 11) is -0.442. The standard InChI is InChI=1S/C58H67ClN4O16S2/c1-33-13-12-15-48(76-8)58(71)30-45(77-56(70)61-58)35(3)55-57(5,79-55)49(29-52(68)62(6)42-26-38(23-33)27-44(75-7)54(42)59)78-53(69)32-80-46-19-17-39(24-34(46)2)36(4)60-31-43(65)41-18-16-37(28-47(41)81(72,73)74)25-40(64)14-10-9-11-22-63-50(66)20-21-51(63)67/h12-13,15-21,24,26-28,35,45,48-49,55,71H,9-11,14,22-23,25,29-32H2,1-8H3,(H,61,70)(H,72,73,74)/b15-12+,33-13+,60-36?/t35-,45+,48-,49+,55+,57+,58+/m1/s1. The smallest absolute Gasteiger partial charge is 0.409 e. The number of Topliss-reactive ketones (excluding diaryl/α,β-unsaturated/α-hetero) is 2. The minimum absolute atomic E-state index is 0.0890. The van der Waals surface area contributed by atoms with E-state index in [4.69, 9.17) is 35.3 Å². The molecule has 2 saturated heterocycles. The van der Waals surface area contributed by atoms with E-state index in [2.05, 4.69) is 10.3 Å². The Morgan fingerprint density at radius 1 is 1.00 bits per heavy atom. The van der Waals surface area contributed by atoms with Gasteiger partial charge in [-0.05, 0) is 106 Å². The SMILES string of the molecule is COc1cc2cc(c1Cl)N(C)C(=O)C[C@H](OC(=O)CSc1ccc(C(C)=NCC(=O)c3ccc(CC(=O)CCCCCN4C(=O)C=CC4=O)cc3S(=O)(=O)O)cc1C)[C@]1(C)O[C@H]1[C@H](C)[C@@H]1C[C@@](O)(NC(=O)O1)[C@H](OC)/C=C/C=C(\C)C2. The van der Waals surface area contributed by atoms with Crippen molar-refractivity contribution >= 4 is 86.2 Å². The fraction of sp³-hybridized carbons (Fsp3) is 0.448. The first-order valence-corrected chi connectivity index (χ1v) is 29.1. The molecule has 3 N–H and O–H groups in total. The second kappa shape index (κ2) is 26.2. The zero-order valence-electron chi connectivity index (χ0n) is 46.3. The van der Waals surface area contributed by atoms with Crippen molar-refractivity contribution in [2.75, 3.05) is 45.0 Å². The number of carbonyl (C=O) groups is 7. The number of amides is 4. The normalized spacial score (nSPS) is 25.3. The van der Waals surface area contributed by atoms with Crippen LogP contribution in [0.3, 0.4) is 0 Å². The molecule has 2 fully saturated rings. The van der Waals surface area contributed by atoms with Gasteiger partial charge in [0.1, 0.15) is 51.9 Å². The van der Waals surface area contributed by atoms with Crippen LogP contribution in [0.5, 0.6) is 5.75 Å². The first kappa shape index (κ1) is 62.1. The lowest BCUT2D eigenvalue weighted by molar-refractivity contribution is -0.150. The van der Waals surface area contributed by atoms with Gasteiger partial charge in [0.05, 0.1) is 31.1 Å². The van der Waals surface area contributed by atoms with Crippen molar-refractivity contribution in [1.82, 2.24) is 10.2 Å². The van der Waals surface area contributed by atoms with E-state index in [9.17, 15) is 51.6 Å². The third-order valence-corrected chi connectivity index (χ3v) is 17.3. The number of halogens is 1. The summed E-state index contributed by atoms with van der Waals surface area (Å²) < 4.78 is 64.6. The highest BCUT2D eigenvalue weighted by Crippen LogP contribution is 2.49. The highest BCUT2D eigenvalue weighted by Gasteiger charge is 2.64. The zero-order valence-corrected chi connectivity index (χ0v) is 48.7. The Bertz CT molecular complexity index is 3220. The summed E-state index contributed by atoms with van der Waals surface area (Å²) in [4.78, 5) is 98.0. The number of nitrogens with zero attached hydrogens (tertiary/aromatic N) is 3. The Morgan fingerprint density at radius 2 is 1.73 bits per heavy atom. The Hall–Kier alpha value is -6.53. The van der Waals surface area contributed by atoms with Crippen LogP contribution >= 0.6 is 23.4 Å². The van der Waals surface area contributed by atoms with E-state index in [0.717, 1.165) is 27.7 Å². The van der Waals surface area contributed by atoms with E-state index in [1.165, 1.54) is 55.2 Å². The molecule has 0 saturated carbocycles. The van der Waals surface area contributed by atoms with Gasteiger partial charge >= 0.3 is 12.1 Å². The molecular weight excluding hydrogens is 1110 g/mol. The van der Waals surface area contributed by atoms with Crippen molar-refractivity contribution in [2.45, 2.75) is 132 Å². The number of ether oxygens (including phenoxy) is 5. The van der Waals surface area contributed by atoms with E-state index in [0.29, 0.717) is 53.3 Å². The molecule has 0 aromatic heterocycles. The van der Waals surface area contributed by atoms with Crippen molar-refractivity contribution in [3.8, 4) is 5.75 Å². The maximum Gasteiger partial charge on any atom is 0.409 e. The number of allylic oxidation sites excluding steroid dienone is 3. The van der Waals surface area contributed by atoms with Crippen LogP contribution in [0.1, 0.15) is 98.8 Å². The Balaban J connectivity index is 1.01. The fourth-order valence-corrected chi connectivity index (χ4v) is 12.1. The third kappa shape index (κ3) is 15.1. The second-order valence-corrected chi connectivity index (χ2v) is 23.6. The van der Waals surface area contributed by atoms with Gasteiger partial charge < -0.3 is 33.7 Å². The second-order valence-electron chi connectivity index (χ2n) is 20.9. The number of epoxide rings is 1. The van der Waals surface area contributed by atoms with Crippen LogP contribution in [0.4, 0.5) is 10.5 Å². The average Bonchev–Trinajstić information content (AvgIpc) is 3.42. The largest absolute Gasteiger partial charge is 0.495 e. The number of aliphatic hydroxyl groups is 1. The quantitative estimate of drug-likeness (QED) is 0.0155. The molecule has 3 aromatic carbocycles. The number of nitrogens with one attached hydrogen (secondary N) is 1. The molecular formula is C58H67ClN4O16S2. The summed E-state index contributed by atoms with van der Waals surface area (Å²) in [6, 6.07) is 12.7. The lowest BCUT2D eigenvalue weighted by Crippen LogP contribution is -2.63. The molecule has 3 aromatic rings. The molecule has 0 spiro atoms. The van der Waals surface area contributed by atoms with Gasteiger partial charge in [-0.1, -0.05) is 60.9 Å². The summed E-state index contributed by atoms with van der Waals surface area (Å²) in [5, 5.41) is 14.6. The number of fused-ring (bicyclic) bond motifs is 5. The molecule has 4 aliphatic heterocycles. The number of hydrogen-bond donors (Lipinski definition) is 3. The van der Waals surface area contributed by atoms with E-state index in [1.54, 1.807) is 70.3 Å². The summed E-state index contributed by atoms with van der Waals surface area (Å²) >= 11 is 8.01. The monoisotopic (exact) mass is 1170 g/mol. The van der Waals surface area contributed by atoms with Crippen LogP contribution in [0, 0.1) is 12.8 Å². The number of imide groups is 1. The number of methoxy groups -OCH3 is 2. The number of esters is 1. The summed E-state index contributed by atoms with van der Waals surface area (Å²) in [5.74, 6) is -3.19. The van der Waals surface area contributed by atoms with E-state index in [-0.39, 0.29) is 71.7 Å². The molecule has 4 heterocycles. The number of carbonyl (C=O) groups excluding carboxylic acids is 7. The van der Waals surface area contributed by atoms with Crippen molar-refractivity contribution in [1.29, 1.82) is 0 Å². The van der Waals surface area contributed by atoms with Gasteiger partial charge in [-0.3, -0.25) is 48.5 Å². The highest BCUT2D eigenvalue weighted by atomic mass is 35.5. The molecule has 81 heavy (non-hydrogen) atoms. The maximum absolute atomic E-state index is 14.4. The van der Waals surface area contributed by atoms with Crippen LogP contribution in [-0.2, 0) is 65.9 Å². The predicted octanol–water partition coefficient (Wildman–Crippen LogP) is 7.30. The number of anilines is 1. The first-order valence-electron chi connectivity index (χ1n) is 26.3. The molecule has 7 atom stereocenters. The van der Waals surface area contributed by atoms with E-state index in [1.807, 2.05) is 19.9 Å². The minimum Gasteiger partial charge on any atom is -0.495 e. The molecule has 0 radical (unpaired) electrons. The molecule has 434 valence electrons. The van der Waals surface area contributed by atoms with Crippen molar-refractivity contribution < 1.29 is 75.3 Å². The van der Waals surface area contributed by atoms with Gasteiger partial charge in [0, 0.05) is 74.2 Å². The average molecular weight is 1180 g/mol. The molecule has 4 amide bonds. The highest BCUT2D eigenvalue weighted by molar-refractivity contribution is 8.00. The van der Waals surface area contributed by atoms with E-state index < -0.39 is 87.0 Å². The number of benzene rings is 3. The van der Waals surface area contributed by atoms with Gasteiger partial charge in [-0.25, -0.2) is 4.79 Å². The molecule has 0 unspecified atom stereocenters. The van der Waals surface area contributed by atoms with Crippen molar-refractivity contribution in [2.24, 2.45) is 10.9 Å². The number of aryl methyl sites for hydroxylation is 1. The van der Waals surface area contributed by atoms with Crippen LogP contribution in [0.15, 0.2) is 99.3 Å². The molecule has 7 rings (SSSR count). The van der Waals surface area contributed by atoms with Gasteiger partial charge in [0.25, 0.3) is 21.9 Å². The van der Waals surface area contributed by atoms with Crippen molar-refractivity contribution in [3.05, 3.63) is 117 Å². The minimum atomic E-state index is -4.89. The van der Waals surface area contributed by atoms with Crippen LogP contribution in [-0.4, -0.2) is 146 Å². The lowest BCUT2D eigenvalue weighted by Gasteiger charge is -2.42. The van der Waals surface area contributed by atoms with Crippen LogP contribution in [0.2, 0.25) is 5.02 Å². The van der Waals surface area contributed by atoms with Crippen LogP contribution in [0.25, 0.3) is 0 Å². The number of rotatable bonds is 19. The van der Waals surface area contributed by atoms with Gasteiger partial charge in [0.2, 0.25) is 5.91 Å². The Kier molecular flexibility index (Phi) is 20.0. The fourth-order valence-electron chi connectivity index (χ4n) is 10.2. The number of thioether (sulfide) groups is 1. The van der Waals surface area contributed by atoms with Crippen molar-refractivity contribution in [3.63, 3.8) is 0 Å². The van der Waals surface area contributed by atoms with Gasteiger partial charge in [-0.2, -0.15) is 8.42 Å². The number of alkyl carbamates (subject to hydrolysis) is 1. The van der Waals surface area contributed by atoms with Gasteiger partial charge in [0.15, 0.2) is 11.5 Å². The predicted molar refractivity (Wildman–Crippen MR) is 301 cm³/mol. The maximum atomic E-state index is 14.4. The van der Waals surface area contributed by atoms with Crippen LogP contribution < -0.4 is 15.0 Å². The number of unbranched alkanes of at least 4 members (excludes halogenated alkanes) is 2. The number of aliphatic imine (C=N–C) groups is 1. The molecule has 4 aliphatic rings. The third-order valence-electron chi connectivity index (χ3n) is 14.9. The summed E-state index contributed by atoms with van der Waals surface area (Å²) in [6.45, 7) is 8.66. The molecule has 23 heteroatoms. The lowest BCUT2D eigenvalue weighted by atomic mass is 9.83. The number of hydrogen-bond acceptors (Lipinski definition) is 17. The zero-order chi connectivity index (χ0) is 59.1. The first-order chi connectivity index (χ1) is 38.2. The Morgan fingerprint density at radius 3 is 2.41 bits per heavy atom. The number of ketones is 2. The topological polar surface area (TPSA) is 274 Å². The molecule has 0 aliphatic carbocycles.